The molecular formula is C14H22N6O. The van der Waals surface area contributed by atoms with E-state index in [9.17, 15) is 0 Å². The minimum Gasteiger partial charge on any atom is -0.381 e. The third kappa shape index (κ3) is 4.35. The molecule has 0 spiro atoms. The Morgan fingerprint density at radius 2 is 1.76 bits per heavy atom. The summed E-state index contributed by atoms with van der Waals surface area (Å²) in [6, 6.07) is 7.84. The molecule has 2 rings (SSSR count). The van der Waals surface area contributed by atoms with Gasteiger partial charge in [-0.2, -0.15) is 4.99 Å². The van der Waals surface area contributed by atoms with Crippen molar-refractivity contribution in [3.05, 3.63) is 24.3 Å². The van der Waals surface area contributed by atoms with Crippen molar-refractivity contribution in [2.45, 2.75) is 18.9 Å². The van der Waals surface area contributed by atoms with E-state index >= 15 is 0 Å². The lowest BCUT2D eigenvalue weighted by Gasteiger charge is -2.32. The maximum Gasteiger partial charge on any atom is 0.223 e. The van der Waals surface area contributed by atoms with Crippen LogP contribution < -0.4 is 22.1 Å². The van der Waals surface area contributed by atoms with Crippen LogP contribution in [0.1, 0.15) is 12.8 Å². The summed E-state index contributed by atoms with van der Waals surface area (Å²) in [6.07, 6.45) is 2.48. The van der Waals surface area contributed by atoms with E-state index in [1.54, 1.807) is 7.11 Å². The minimum absolute atomic E-state index is 0.0451. The van der Waals surface area contributed by atoms with E-state index < -0.39 is 0 Å². The molecule has 7 nitrogen and oxygen atoms in total. The molecule has 1 fully saturated rings. The normalized spacial score (nSPS) is 16.8. The van der Waals surface area contributed by atoms with Gasteiger partial charge in [-0.15, -0.1) is 0 Å². The summed E-state index contributed by atoms with van der Waals surface area (Å²) in [5.41, 5.74) is 18.0. The average Bonchev–Trinajstić information content (AvgIpc) is 2.47. The van der Waals surface area contributed by atoms with Crippen LogP contribution in [0.25, 0.3) is 0 Å². The zero-order chi connectivity index (χ0) is 15.2. The van der Waals surface area contributed by atoms with Crippen LogP contribution in [0.4, 0.5) is 11.4 Å². The van der Waals surface area contributed by atoms with Crippen molar-refractivity contribution >= 4 is 23.3 Å². The number of methoxy groups -OCH3 is 1. The van der Waals surface area contributed by atoms with Crippen LogP contribution in [-0.2, 0) is 4.74 Å². The van der Waals surface area contributed by atoms with Crippen LogP contribution >= 0.6 is 0 Å². The number of guanidine groups is 2. The lowest BCUT2D eigenvalue weighted by Crippen LogP contribution is -2.36. The monoisotopic (exact) mass is 290 g/mol. The first-order chi connectivity index (χ1) is 10.1. The highest BCUT2D eigenvalue weighted by Crippen LogP contribution is 2.23. The first kappa shape index (κ1) is 15.1. The first-order valence-corrected chi connectivity index (χ1v) is 6.90. The largest absolute Gasteiger partial charge is 0.381 e. The van der Waals surface area contributed by atoms with E-state index in [4.69, 9.17) is 21.9 Å². The van der Waals surface area contributed by atoms with Gasteiger partial charge in [-0.25, -0.2) is 4.99 Å². The van der Waals surface area contributed by atoms with Gasteiger partial charge >= 0.3 is 0 Å². The summed E-state index contributed by atoms with van der Waals surface area (Å²) in [5.74, 6) is -0.0578. The second-order valence-electron chi connectivity index (χ2n) is 4.95. The van der Waals surface area contributed by atoms with Gasteiger partial charge in [0.1, 0.15) is 0 Å². The highest BCUT2D eigenvalue weighted by Gasteiger charge is 2.18. The summed E-state index contributed by atoms with van der Waals surface area (Å²) in [6.45, 7) is 1.99. The van der Waals surface area contributed by atoms with E-state index in [1.165, 1.54) is 5.69 Å². The van der Waals surface area contributed by atoms with Crippen LogP contribution in [-0.4, -0.2) is 38.2 Å². The van der Waals surface area contributed by atoms with Gasteiger partial charge in [-0.3, -0.25) is 0 Å². The number of piperidine rings is 1. The Labute approximate surface area is 124 Å². The van der Waals surface area contributed by atoms with Crippen LogP contribution in [0, 0.1) is 0 Å². The summed E-state index contributed by atoms with van der Waals surface area (Å²) < 4.78 is 5.38. The molecule has 1 aliphatic heterocycles. The molecule has 0 radical (unpaired) electrons. The fraction of sp³-hybridized carbons (Fsp3) is 0.429. The molecule has 21 heavy (non-hydrogen) atoms. The zero-order valence-corrected chi connectivity index (χ0v) is 12.2. The predicted octanol–water partition coefficient (Wildman–Crippen LogP) is 0.521. The number of rotatable bonds is 3. The summed E-state index contributed by atoms with van der Waals surface area (Å²) in [5, 5.41) is 0. The third-order valence-corrected chi connectivity index (χ3v) is 3.48. The van der Waals surface area contributed by atoms with Crippen molar-refractivity contribution in [3.8, 4) is 0 Å². The molecule has 1 aromatic carbocycles. The molecule has 6 N–H and O–H groups in total. The van der Waals surface area contributed by atoms with Crippen LogP contribution in [0.3, 0.4) is 0 Å². The van der Waals surface area contributed by atoms with Gasteiger partial charge in [0, 0.05) is 25.9 Å². The number of aliphatic imine (C=N–C) groups is 2. The Morgan fingerprint density at radius 3 is 2.29 bits per heavy atom. The van der Waals surface area contributed by atoms with Crippen molar-refractivity contribution < 1.29 is 4.74 Å². The lowest BCUT2D eigenvalue weighted by molar-refractivity contribution is 0.0819. The third-order valence-electron chi connectivity index (χ3n) is 3.48. The number of hydrogen-bond donors (Lipinski definition) is 3. The van der Waals surface area contributed by atoms with Gasteiger partial charge in [0.15, 0.2) is 5.96 Å². The molecule has 1 saturated heterocycles. The molecule has 0 amide bonds. The Hall–Kier alpha value is -2.28. The first-order valence-electron chi connectivity index (χ1n) is 6.90. The van der Waals surface area contributed by atoms with Crippen molar-refractivity contribution in [2.75, 3.05) is 25.1 Å². The number of ether oxygens (including phenoxy) is 1. The SMILES string of the molecule is COC1CCN(c2ccc(N=C(N)N=C(N)N)cc2)CC1. The fourth-order valence-electron chi connectivity index (χ4n) is 2.38. The lowest BCUT2D eigenvalue weighted by atomic mass is 10.1. The molecule has 1 aromatic rings. The van der Waals surface area contributed by atoms with E-state index in [-0.39, 0.29) is 11.9 Å². The molecule has 0 bridgehead atoms. The number of benzene rings is 1. The van der Waals surface area contributed by atoms with Crippen molar-refractivity contribution in [2.24, 2.45) is 27.2 Å². The molecule has 7 heteroatoms. The summed E-state index contributed by atoms with van der Waals surface area (Å²) in [7, 11) is 1.77. The highest BCUT2D eigenvalue weighted by atomic mass is 16.5. The van der Waals surface area contributed by atoms with Gasteiger partial charge in [0.05, 0.1) is 11.8 Å². The molecule has 0 atom stereocenters. The van der Waals surface area contributed by atoms with Crippen molar-refractivity contribution in [1.29, 1.82) is 0 Å². The Morgan fingerprint density at radius 1 is 1.14 bits per heavy atom. The predicted molar refractivity (Wildman–Crippen MR) is 85.8 cm³/mol. The molecule has 1 heterocycles. The van der Waals surface area contributed by atoms with Crippen LogP contribution in [0.5, 0.6) is 0 Å². The maximum absolute atomic E-state index is 5.60. The number of nitrogens with zero attached hydrogens (tertiary/aromatic N) is 3. The topological polar surface area (TPSA) is 115 Å². The van der Waals surface area contributed by atoms with E-state index in [2.05, 4.69) is 14.9 Å². The van der Waals surface area contributed by atoms with Gasteiger partial charge in [-0.1, -0.05) is 0 Å². The fourth-order valence-corrected chi connectivity index (χ4v) is 2.38. The smallest absolute Gasteiger partial charge is 0.223 e. The standard InChI is InChI=1S/C14H22N6O/c1-21-12-6-8-20(9-7-12)11-4-2-10(3-5-11)18-14(17)19-13(15)16/h2-5,12H,6-9H2,1H3,(H6,15,16,17,18,19). The highest BCUT2D eigenvalue weighted by molar-refractivity contribution is 5.93. The average molecular weight is 290 g/mol. The molecule has 1 aliphatic rings. The molecule has 0 saturated carbocycles. The van der Waals surface area contributed by atoms with Gasteiger partial charge in [-0.05, 0) is 37.1 Å². The van der Waals surface area contributed by atoms with Gasteiger partial charge < -0.3 is 26.8 Å². The van der Waals surface area contributed by atoms with E-state index in [0.29, 0.717) is 11.8 Å². The number of nitrogens with two attached hydrogens (primary N) is 3. The van der Waals surface area contributed by atoms with Crippen molar-refractivity contribution in [3.63, 3.8) is 0 Å². The van der Waals surface area contributed by atoms with Crippen LogP contribution in [0.2, 0.25) is 0 Å². The van der Waals surface area contributed by atoms with Crippen LogP contribution in [0.15, 0.2) is 34.3 Å². The maximum atomic E-state index is 5.60. The number of hydrogen-bond acceptors (Lipinski definition) is 3. The number of anilines is 1. The molecule has 0 aromatic heterocycles. The Balaban J connectivity index is 2.01. The summed E-state index contributed by atoms with van der Waals surface area (Å²) in [4.78, 5) is 10.1. The van der Waals surface area contributed by atoms with Crippen molar-refractivity contribution in [1.82, 2.24) is 0 Å². The second-order valence-corrected chi connectivity index (χ2v) is 4.95. The minimum atomic E-state index is -0.103. The second kappa shape index (κ2) is 6.94. The van der Waals surface area contributed by atoms with E-state index in [1.807, 2.05) is 24.3 Å². The zero-order valence-electron chi connectivity index (χ0n) is 12.2. The molecular weight excluding hydrogens is 268 g/mol. The Kier molecular flexibility index (Phi) is 4.99. The Bertz CT molecular complexity index is 513. The van der Waals surface area contributed by atoms with Gasteiger partial charge in [0.2, 0.25) is 5.96 Å². The van der Waals surface area contributed by atoms with Gasteiger partial charge in [0.25, 0.3) is 0 Å². The summed E-state index contributed by atoms with van der Waals surface area (Å²) >= 11 is 0. The quantitative estimate of drug-likeness (QED) is 0.554. The van der Waals surface area contributed by atoms with E-state index in [0.717, 1.165) is 25.9 Å². The molecule has 114 valence electrons. The molecule has 0 aliphatic carbocycles. The molecule has 0 unspecified atom stereocenters.